The number of aromatic amines is 1. The topological polar surface area (TPSA) is 62.0 Å². The summed E-state index contributed by atoms with van der Waals surface area (Å²) in [5.41, 5.74) is 2.41. The third kappa shape index (κ3) is 3.44. The third-order valence-corrected chi connectivity index (χ3v) is 2.66. The molecule has 0 aliphatic rings. The Morgan fingerprint density at radius 2 is 2.12 bits per heavy atom. The van der Waals surface area contributed by atoms with E-state index in [4.69, 9.17) is 0 Å². The zero-order valence-corrected chi connectivity index (χ0v) is 10.9. The lowest BCUT2D eigenvalue weighted by Gasteiger charge is -2.13. The predicted octanol–water partition coefficient (Wildman–Crippen LogP) is 1.83. The van der Waals surface area contributed by atoms with E-state index in [-0.39, 0.29) is 17.3 Å². The molecule has 1 rings (SSSR count). The van der Waals surface area contributed by atoms with Crippen molar-refractivity contribution in [3.63, 3.8) is 0 Å². The minimum absolute atomic E-state index is 0.0126. The number of pyridine rings is 1. The third-order valence-electron chi connectivity index (χ3n) is 2.66. The van der Waals surface area contributed by atoms with Crippen LogP contribution < -0.4 is 10.7 Å². The van der Waals surface area contributed by atoms with Gasteiger partial charge in [0.1, 0.15) is 0 Å². The van der Waals surface area contributed by atoms with E-state index >= 15 is 0 Å². The van der Waals surface area contributed by atoms with E-state index in [1.54, 1.807) is 13.0 Å². The van der Waals surface area contributed by atoms with Crippen LogP contribution in [0.1, 0.15) is 50.1 Å². The van der Waals surface area contributed by atoms with E-state index in [9.17, 15) is 9.59 Å². The van der Waals surface area contributed by atoms with Crippen molar-refractivity contribution in [2.75, 3.05) is 0 Å². The summed E-state index contributed by atoms with van der Waals surface area (Å²) in [6.45, 7) is 8.00. The highest BCUT2D eigenvalue weighted by atomic mass is 16.1. The number of rotatable bonds is 4. The molecule has 0 aliphatic carbocycles. The van der Waals surface area contributed by atoms with E-state index in [1.165, 1.54) is 0 Å². The number of hydrogen-bond acceptors (Lipinski definition) is 2. The van der Waals surface area contributed by atoms with Crippen LogP contribution in [0.15, 0.2) is 10.9 Å². The molecular weight excluding hydrogens is 216 g/mol. The Balaban J connectivity index is 3.04. The summed E-state index contributed by atoms with van der Waals surface area (Å²) in [6, 6.07) is 1.57. The van der Waals surface area contributed by atoms with Crippen LogP contribution in [0.3, 0.4) is 0 Å². The Bertz CT molecular complexity index is 461. The number of H-pyrrole nitrogens is 1. The van der Waals surface area contributed by atoms with Crippen LogP contribution in [0.25, 0.3) is 0 Å². The smallest absolute Gasteiger partial charge is 0.219 e. The Kier molecular flexibility index (Phi) is 4.49. The van der Waals surface area contributed by atoms with Crippen molar-refractivity contribution in [2.45, 2.75) is 46.6 Å². The molecule has 0 radical (unpaired) electrons. The van der Waals surface area contributed by atoms with Gasteiger partial charge in [-0.1, -0.05) is 20.8 Å². The van der Waals surface area contributed by atoms with Crippen LogP contribution in [0, 0.1) is 6.92 Å². The van der Waals surface area contributed by atoms with E-state index in [1.807, 2.05) is 20.8 Å². The molecular formula is C13H20N2O2. The number of amides is 1. The van der Waals surface area contributed by atoms with Gasteiger partial charge in [-0.05, 0) is 12.8 Å². The van der Waals surface area contributed by atoms with E-state index in [2.05, 4.69) is 10.3 Å². The molecule has 0 atom stereocenters. The van der Waals surface area contributed by atoms with Gasteiger partial charge in [-0.3, -0.25) is 9.59 Å². The van der Waals surface area contributed by atoms with Gasteiger partial charge in [0.05, 0.1) is 0 Å². The van der Waals surface area contributed by atoms with Crippen molar-refractivity contribution in [3.05, 3.63) is 33.2 Å². The number of nitrogens with one attached hydrogen (secondary N) is 2. The number of aromatic nitrogens is 1. The highest BCUT2D eigenvalue weighted by Crippen LogP contribution is 2.14. The molecule has 0 fully saturated rings. The number of carbonyl (C=O) groups is 1. The van der Waals surface area contributed by atoms with Crippen molar-refractivity contribution in [2.24, 2.45) is 0 Å². The lowest BCUT2D eigenvalue weighted by molar-refractivity contribution is -0.120. The first-order valence-electron chi connectivity index (χ1n) is 5.95. The molecule has 17 heavy (non-hydrogen) atoms. The summed E-state index contributed by atoms with van der Waals surface area (Å²) in [4.78, 5) is 26.3. The molecule has 1 amide bonds. The Hall–Kier alpha value is -1.58. The van der Waals surface area contributed by atoms with Crippen LogP contribution in [-0.2, 0) is 11.3 Å². The summed E-state index contributed by atoms with van der Waals surface area (Å²) in [7, 11) is 0. The Morgan fingerprint density at radius 1 is 1.47 bits per heavy atom. The number of hydrogen-bond donors (Lipinski definition) is 2. The maximum atomic E-state index is 11.9. The SMILES string of the molecule is CCC(=O)NCc1c(C(C)C)[nH]c(C)cc1=O. The molecule has 4 heteroatoms. The average molecular weight is 236 g/mol. The highest BCUT2D eigenvalue weighted by Gasteiger charge is 2.12. The monoisotopic (exact) mass is 236 g/mol. The largest absolute Gasteiger partial charge is 0.362 e. The summed E-state index contributed by atoms with van der Waals surface area (Å²) in [5.74, 6) is 0.191. The van der Waals surface area contributed by atoms with E-state index in [0.29, 0.717) is 18.5 Å². The number of aryl methyl sites for hydroxylation is 1. The first kappa shape index (κ1) is 13.5. The molecule has 0 aromatic carbocycles. The fourth-order valence-corrected chi connectivity index (χ4v) is 1.73. The van der Waals surface area contributed by atoms with Crippen molar-refractivity contribution >= 4 is 5.91 Å². The zero-order valence-electron chi connectivity index (χ0n) is 10.9. The normalized spacial score (nSPS) is 10.6. The van der Waals surface area contributed by atoms with Crippen molar-refractivity contribution in [1.29, 1.82) is 0 Å². The molecule has 4 nitrogen and oxygen atoms in total. The van der Waals surface area contributed by atoms with Gasteiger partial charge >= 0.3 is 0 Å². The average Bonchev–Trinajstić information content (AvgIpc) is 2.26. The Labute approximate surface area is 101 Å². The molecule has 0 spiro atoms. The van der Waals surface area contributed by atoms with E-state index < -0.39 is 0 Å². The molecule has 2 N–H and O–H groups in total. The fourth-order valence-electron chi connectivity index (χ4n) is 1.73. The molecule has 0 saturated carbocycles. The summed E-state index contributed by atoms with van der Waals surface area (Å²) in [6.07, 6.45) is 0.431. The second-order valence-electron chi connectivity index (χ2n) is 4.49. The van der Waals surface area contributed by atoms with Crippen LogP contribution >= 0.6 is 0 Å². The summed E-state index contributed by atoms with van der Waals surface area (Å²) in [5, 5.41) is 2.75. The van der Waals surface area contributed by atoms with Gasteiger partial charge in [-0.25, -0.2) is 0 Å². The minimum atomic E-state index is -0.0420. The molecule has 0 aliphatic heterocycles. The molecule has 1 aromatic rings. The lowest BCUT2D eigenvalue weighted by atomic mass is 10.0. The predicted molar refractivity (Wildman–Crippen MR) is 68.0 cm³/mol. The molecule has 0 saturated heterocycles. The summed E-state index contributed by atoms with van der Waals surface area (Å²) >= 11 is 0. The van der Waals surface area contributed by atoms with Crippen molar-refractivity contribution in [3.8, 4) is 0 Å². The minimum Gasteiger partial charge on any atom is -0.362 e. The molecule has 0 bridgehead atoms. The highest BCUT2D eigenvalue weighted by molar-refractivity contribution is 5.75. The molecule has 94 valence electrons. The van der Waals surface area contributed by atoms with Gasteiger partial charge in [0.25, 0.3) is 0 Å². The van der Waals surface area contributed by atoms with Crippen molar-refractivity contribution < 1.29 is 4.79 Å². The molecule has 1 aromatic heterocycles. The van der Waals surface area contributed by atoms with Gasteiger partial charge in [0.2, 0.25) is 5.91 Å². The van der Waals surface area contributed by atoms with E-state index in [0.717, 1.165) is 11.4 Å². The molecule has 0 unspecified atom stereocenters. The van der Waals surface area contributed by atoms with Crippen LogP contribution in [0.2, 0.25) is 0 Å². The first-order valence-corrected chi connectivity index (χ1v) is 5.95. The second kappa shape index (κ2) is 5.66. The van der Waals surface area contributed by atoms with Crippen LogP contribution in [0.5, 0.6) is 0 Å². The summed E-state index contributed by atoms with van der Waals surface area (Å²) < 4.78 is 0. The van der Waals surface area contributed by atoms with Gasteiger partial charge < -0.3 is 10.3 Å². The maximum Gasteiger partial charge on any atom is 0.219 e. The quantitative estimate of drug-likeness (QED) is 0.837. The van der Waals surface area contributed by atoms with Crippen molar-refractivity contribution in [1.82, 2.24) is 10.3 Å². The maximum absolute atomic E-state index is 11.9. The Morgan fingerprint density at radius 3 is 2.65 bits per heavy atom. The second-order valence-corrected chi connectivity index (χ2v) is 4.49. The van der Waals surface area contributed by atoms with Gasteiger partial charge in [0.15, 0.2) is 5.43 Å². The molecule has 1 heterocycles. The van der Waals surface area contributed by atoms with Gasteiger partial charge in [0, 0.05) is 36.0 Å². The van der Waals surface area contributed by atoms with Crippen LogP contribution in [-0.4, -0.2) is 10.9 Å². The lowest BCUT2D eigenvalue weighted by Crippen LogP contribution is -2.27. The zero-order chi connectivity index (χ0) is 13.0. The van der Waals surface area contributed by atoms with Gasteiger partial charge in [-0.2, -0.15) is 0 Å². The number of carbonyl (C=O) groups excluding carboxylic acids is 1. The standard InChI is InChI=1S/C13H20N2O2/c1-5-12(17)14-7-10-11(16)6-9(4)15-13(10)8(2)3/h6,8H,5,7H2,1-4H3,(H,14,17)(H,15,16). The van der Waals surface area contributed by atoms with Gasteiger partial charge in [-0.15, -0.1) is 0 Å². The first-order chi connectivity index (χ1) is 7.95. The fraction of sp³-hybridized carbons (Fsp3) is 0.538. The van der Waals surface area contributed by atoms with Crippen LogP contribution in [0.4, 0.5) is 0 Å².